The van der Waals surface area contributed by atoms with Crippen LogP contribution in [0.5, 0.6) is 5.75 Å². The molecule has 1 aliphatic carbocycles. The highest BCUT2D eigenvalue weighted by Crippen LogP contribution is 2.40. The number of pyridine rings is 2. The summed E-state index contributed by atoms with van der Waals surface area (Å²) in [4.78, 5) is 36.9. The molecule has 0 aliphatic heterocycles. The Kier molecular flexibility index (Phi) is 10.9. The van der Waals surface area contributed by atoms with Gasteiger partial charge in [-0.1, -0.05) is 19.6 Å². The van der Waals surface area contributed by atoms with Gasteiger partial charge in [0.05, 0.1) is 16.2 Å². The number of carbonyl (C=O) groups is 2. The molecule has 1 atom stereocenters. The van der Waals surface area contributed by atoms with Gasteiger partial charge in [-0.3, -0.25) is 14.6 Å². The molecule has 0 unspecified atom stereocenters. The lowest BCUT2D eigenvalue weighted by Gasteiger charge is -2.26. The van der Waals surface area contributed by atoms with Crippen molar-refractivity contribution in [3.05, 3.63) is 88.9 Å². The van der Waals surface area contributed by atoms with Crippen molar-refractivity contribution >= 4 is 29.4 Å². The minimum atomic E-state index is -0.380. The summed E-state index contributed by atoms with van der Waals surface area (Å²) in [5.41, 5.74) is 4.50. The van der Waals surface area contributed by atoms with Crippen LogP contribution in [0.2, 0.25) is 0 Å². The molecule has 3 aromatic rings. The Morgan fingerprint density at radius 3 is 2.63 bits per heavy atom. The number of nitrogens with zero attached hydrogens (tertiary/aromatic N) is 4. The van der Waals surface area contributed by atoms with Crippen molar-refractivity contribution < 1.29 is 14.3 Å². The predicted molar refractivity (Wildman–Crippen MR) is 170 cm³/mol. The molecule has 0 radical (unpaired) electrons. The topological polar surface area (TPSA) is 120 Å². The molecule has 1 saturated carbocycles. The third-order valence-corrected chi connectivity index (χ3v) is 8.11. The number of anilines is 1. The van der Waals surface area contributed by atoms with Crippen molar-refractivity contribution in [2.45, 2.75) is 50.5 Å². The van der Waals surface area contributed by atoms with E-state index in [1.165, 1.54) is 30.7 Å². The number of aryl methyl sites for hydroxylation is 2. The predicted octanol–water partition coefficient (Wildman–Crippen LogP) is 5.56. The van der Waals surface area contributed by atoms with Crippen LogP contribution < -0.4 is 15.4 Å². The molecule has 2 heterocycles. The Morgan fingerprint density at radius 1 is 1.21 bits per heavy atom. The van der Waals surface area contributed by atoms with E-state index in [1.54, 1.807) is 24.8 Å². The van der Waals surface area contributed by atoms with E-state index < -0.39 is 0 Å². The minimum absolute atomic E-state index is 0.204. The van der Waals surface area contributed by atoms with Gasteiger partial charge in [-0.05, 0) is 92.4 Å². The number of amides is 2. The fourth-order valence-corrected chi connectivity index (χ4v) is 5.40. The van der Waals surface area contributed by atoms with Gasteiger partial charge in [0.1, 0.15) is 17.6 Å². The van der Waals surface area contributed by atoms with Crippen LogP contribution in [0.1, 0.15) is 70.1 Å². The van der Waals surface area contributed by atoms with Gasteiger partial charge in [-0.2, -0.15) is 5.26 Å². The van der Waals surface area contributed by atoms with Crippen molar-refractivity contribution in [1.29, 1.82) is 5.26 Å². The number of hydrogen-bond acceptors (Lipinski definition) is 8. The molecule has 2 amide bonds. The molecule has 1 aliphatic rings. The van der Waals surface area contributed by atoms with Crippen molar-refractivity contribution in [1.82, 2.24) is 20.2 Å². The summed E-state index contributed by atoms with van der Waals surface area (Å²) in [6.45, 7) is 10.9. The molecule has 0 bridgehead atoms. The Balaban J connectivity index is 1.58. The number of nitriles is 1. The van der Waals surface area contributed by atoms with Crippen LogP contribution in [-0.4, -0.2) is 59.1 Å². The van der Waals surface area contributed by atoms with Gasteiger partial charge in [0, 0.05) is 37.6 Å². The summed E-state index contributed by atoms with van der Waals surface area (Å²) in [6.07, 6.45) is 6.69. The van der Waals surface area contributed by atoms with E-state index in [-0.39, 0.29) is 17.9 Å². The average Bonchev–Trinajstić information content (AvgIpc) is 3.85. The maximum atomic E-state index is 13.3. The SMILES string of the molecule is C=CC(=O)NCCN(C)C[C@@H](Oc1cc(C)c(C(=O)Nc2ncc(C#N)cc2C)cc1SCC)c1ccc(C2CC2)cn1. The van der Waals surface area contributed by atoms with Crippen LogP contribution in [0.4, 0.5) is 5.82 Å². The van der Waals surface area contributed by atoms with E-state index in [1.807, 2.05) is 38.4 Å². The molecule has 43 heavy (non-hydrogen) atoms. The number of benzene rings is 1. The lowest BCUT2D eigenvalue weighted by molar-refractivity contribution is -0.116. The van der Waals surface area contributed by atoms with Crippen molar-refractivity contribution in [2.24, 2.45) is 0 Å². The van der Waals surface area contributed by atoms with Crippen LogP contribution in [0.25, 0.3) is 0 Å². The highest BCUT2D eigenvalue weighted by Gasteiger charge is 2.26. The van der Waals surface area contributed by atoms with Crippen molar-refractivity contribution in [3.63, 3.8) is 0 Å². The summed E-state index contributed by atoms with van der Waals surface area (Å²) in [7, 11) is 1.98. The fraction of sp³-hybridized carbons (Fsp3) is 0.364. The third-order valence-electron chi connectivity index (χ3n) is 7.19. The quantitative estimate of drug-likeness (QED) is 0.183. The summed E-state index contributed by atoms with van der Waals surface area (Å²) in [5, 5.41) is 14.8. The second-order valence-corrected chi connectivity index (χ2v) is 12.0. The average molecular weight is 599 g/mol. The van der Waals surface area contributed by atoms with E-state index in [0.717, 1.165) is 21.9 Å². The van der Waals surface area contributed by atoms with E-state index in [0.29, 0.717) is 53.8 Å². The third kappa shape index (κ3) is 8.66. The molecule has 1 fully saturated rings. The second-order valence-electron chi connectivity index (χ2n) is 10.7. The summed E-state index contributed by atoms with van der Waals surface area (Å²) in [5.74, 6) is 2.01. The lowest BCUT2D eigenvalue weighted by Crippen LogP contribution is -2.35. The van der Waals surface area contributed by atoms with Gasteiger partial charge in [-0.25, -0.2) is 4.98 Å². The van der Waals surface area contributed by atoms with Gasteiger partial charge in [0.2, 0.25) is 5.91 Å². The Labute approximate surface area is 257 Å². The van der Waals surface area contributed by atoms with Gasteiger partial charge in [0.15, 0.2) is 6.10 Å². The number of hydrogen-bond donors (Lipinski definition) is 2. The normalized spacial score (nSPS) is 13.2. The van der Waals surface area contributed by atoms with Crippen LogP contribution in [0.3, 0.4) is 0 Å². The summed E-state index contributed by atoms with van der Waals surface area (Å²) >= 11 is 1.60. The van der Waals surface area contributed by atoms with Crippen LogP contribution in [-0.2, 0) is 4.79 Å². The highest BCUT2D eigenvalue weighted by molar-refractivity contribution is 7.99. The number of carbonyl (C=O) groups excluding carboxylic acids is 2. The standard InChI is InChI=1S/C33H38N6O3S/c1-6-31(40)35-12-13-39(5)20-29(27-11-10-25(19-36-27)24-8-9-24)42-28-15-21(3)26(16-30(28)43-7-2)33(41)38-32-22(4)14-23(17-34)18-37-32/h6,10-11,14-16,18-19,24,29H,1,7-9,12-13,20H2,2-5H3,(H,35,40)(H,37,38,41)/t29-/m1/s1. The van der Waals surface area contributed by atoms with Crippen molar-refractivity contribution in [3.8, 4) is 11.8 Å². The zero-order chi connectivity index (χ0) is 30.9. The molecule has 9 nitrogen and oxygen atoms in total. The Bertz CT molecular complexity index is 1510. The minimum Gasteiger partial charge on any atom is -0.482 e. The molecule has 4 rings (SSSR count). The molecular formula is C33H38N6O3S. The summed E-state index contributed by atoms with van der Waals surface area (Å²) < 4.78 is 6.69. The molecule has 2 N–H and O–H groups in total. The number of aromatic nitrogens is 2. The lowest BCUT2D eigenvalue weighted by atomic mass is 10.1. The maximum Gasteiger partial charge on any atom is 0.257 e. The van der Waals surface area contributed by atoms with E-state index >= 15 is 0 Å². The fourth-order valence-electron chi connectivity index (χ4n) is 4.63. The molecule has 0 saturated heterocycles. The smallest absolute Gasteiger partial charge is 0.257 e. The van der Waals surface area contributed by atoms with Crippen LogP contribution >= 0.6 is 11.8 Å². The van der Waals surface area contributed by atoms with Gasteiger partial charge >= 0.3 is 0 Å². The first-order valence-corrected chi connectivity index (χ1v) is 15.4. The molecule has 0 spiro atoms. The molecule has 10 heteroatoms. The molecule has 224 valence electrons. The van der Waals surface area contributed by atoms with Gasteiger partial charge in [0.25, 0.3) is 5.91 Å². The highest BCUT2D eigenvalue weighted by atomic mass is 32.2. The number of rotatable bonds is 14. The number of nitrogens with one attached hydrogen (secondary N) is 2. The first kappa shape index (κ1) is 31.7. The molecular weight excluding hydrogens is 560 g/mol. The van der Waals surface area contributed by atoms with Gasteiger partial charge in [-0.15, -0.1) is 11.8 Å². The Hall–Kier alpha value is -4.20. The number of ether oxygens (including phenoxy) is 1. The van der Waals surface area contributed by atoms with Crippen LogP contribution in [0.15, 0.2) is 60.3 Å². The maximum absolute atomic E-state index is 13.3. The first-order chi connectivity index (χ1) is 20.7. The van der Waals surface area contributed by atoms with E-state index in [9.17, 15) is 9.59 Å². The van der Waals surface area contributed by atoms with Gasteiger partial charge < -0.3 is 20.3 Å². The van der Waals surface area contributed by atoms with Crippen molar-refractivity contribution in [2.75, 3.05) is 37.8 Å². The second kappa shape index (κ2) is 14.8. The molecule has 1 aromatic carbocycles. The monoisotopic (exact) mass is 598 g/mol. The Morgan fingerprint density at radius 2 is 2.00 bits per heavy atom. The first-order valence-electron chi connectivity index (χ1n) is 14.4. The zero-order valence-electron chi connectivity index (χ0n) is 25.1. The largest absolute Gasteiger partial charge is 0.482 e. The number of thioether (sulfide) groups is 1. The summed E-state index contributed by atoms with van der Waals surface area (Å²) in [6, 6.07) is 11.7. The number of likely N-dealkylation sites (N-methyl/N-ethyl adjacent to an activating group) is 1. The molecule has 2 aromatic heterocycles. The van der Waals surface area contributed by atoms with E-state index in [2.05, 4.69) is 46.2 Å². The zero-order valence-corrected chi connectivity index (χ0v) is 26.0. The van der Waals surface area contributed by atoms with Crippen LogP contribution in [0, 0.1) is 25.2 Å². The van der Waals surface area contributed by atoms with E-state index in [4.69, 9.17) is 15.0 Å².